The van der Waals surface area contributed by atoms with Crippen LogP contribution >= 0.6 is 0 Å². The van der Waals surface area contributed by atoms with Crippen molar-refractivity contribution >= 4 is 21.6 Å². The lowest BCUT2D eigenvalue weighted by atomic mass is 10.2. The van der Waals surface area contributed by atoms with Gasteiger partial charge in [0, 0.05) is 26.6 Å². The minimum atomic E-state index is -3.39. The number of hydrogen-bond donors (Lipinski definition) is 0. The first-order valence-electron chi connectivity index (χ1n) is 8.59. The van der Waals surface area contributed by atoms with E-state index in [1.54, 1.807) is 18.0 Å². The molecule has 0 unspecified atom stereocenters. The number of carbonyl (C=O) groups excluding carboxylic acids is 1. The van der Waals surface area contributed by atoms with Crippen LogP contribution in [0, 0.1) is 6.92 Å². The van der Waals surface area contributed by atoms with Crippen LogP contribution in [0.5, 0.6) is 0 Å². The average Bonchev–Trinajstić information content (AvgIpc) is 2.58. The molecule has 0 aliphatic carbocycles. The summed E-state index contributed by atoms with van der Waals surface area (Å²) >= 11 is 0. The minimum absolute atomic E-state index is 0.00606. The molecule has 0 saturated carbocycles. The summed E-state index contributed by atoms with van der Waals surface area (Å²) in [6.07, 6.45) is 1.97. The summed E-state index contributed by atoms with van der Waals surface area (Å²) in [5, 5.41) is 0. The smallest absolute Gasteiger partial charge is 0.232 e. The Labute approximate surface area is 156 Å². The van der Waals surface area contributed by atoms with Gasteiger partial charge in [0.2, 0.25) is 15.9 Å². The van der Waals surface area contributed by atoms with Gasteiger partial charge >= 0.3 is 0 Å². The van der Waals surface area contributed by atoms with Crippen LogP contribution in [0.25, 0.3) is 0 Å². The van der Waals surface area contributed by atoms with Crippen LogP contribution in [0.15, 0.2) is 54.6 Å². The Bertz CT molecular complexity index is 835. The first-order chi connectivity index (χ1) is 12.3. The summed E-state index contributed by atoms with van der Waals surface area (Å²) in [4.78, 5) is 14.0. The lowest BCUT2D eigenvalue weighted by Gasteiger charge is -2.23. The molecule has 5 nitrogen and oxygen atoms in total. The van der Waals surface area contributed by atoms with E-state index in [2.05, 4.69) is 0 Å². The lowest BCUT2D eigenvalue weighted by Crippen LogP contribution is -2.32. The van der Waals surface area contributed by atoms with E-state index in [0.29, 0.717) is 25.1 Å². The van der Waals surface area contributed by atoms with E-state index in [-0.39, 0.29) is 12.5 Å². The second-order valence-electron chi connectivity index (χ2n) is 6.51. The van der Waals surface area contributed by atoms with E-state index < -0.39 is 10.0 Å². The molecule has 0 bridgehead atoms. The molecule has 0 atom stereocenters. The summed E-state index contributed by atoms with van der Waals surface area (Å²) in [5.74, 6) is 0.00606. The van der Waals surface area contributed by atoms with Gasteiger partial charge in [0.25, 0.3) is 0 Å². The topological polar surface area (TPSA) is 57.7 Å². The maximum atomic E-state index is 12.3. The molecule has 6 heteroatoms. The van der Waals surface area contributed by atoms with E-state index in [9.17, 15) is 13.2 Å². The Hall–Kier alpha value is -2.34. The van der Waals surface area contributed by atoms with E-state index in [0.717, 1.165) is 11.1 Å². The van der Waals surface area contributed by atoms with Gasteiger partial charge in [0.05, 0.1) is 11.9 Å². The van der Waals surface area contributed by atoms with E-state index in [4.69, 9.17) is 0 Å². The van der Waals surface area contributed by atoms with Crippen molar-refractivity contribution in [1.29, 1.82) is 0 Å². The number of rotatable bonds is 8. The number of sulfonamides is 1. The molecular formula is C20H26N2O3S. The van der Waals surface area contributed by atoms with Crippen molar-refractivity contribution in [1.82, 2.24) is 4.90 Å². The monoisotopic (exact) mass is 374 g/mol. The summed E-state index contributed by atoms with van der Waals surface area (Å²) in [6, 6.07) is 17.2. The largest absolute Gasteiger partial charge is 0.341 e. The van der Waals surface area contributed by atoms with Crippen molar-refractivity contribution in [3.8, 4) is 0 Å². The molecule has 2 aromatic rings. The fraction of sp³-hybridized carbons (Fsp3) is 0.350. The Morgan fingerprint density at radius 2 is 1.73 bits per heavy atom. The fourth-order valence-corrected chi connectivity index (χ4v) is 3.74. The van der Waals surface area contributed by atoms with Gasteiger partial charge < -0.3 is 4.90 Å². The molecule has 2 aromatic carbocycles. The third kappa shape index (κ3) is 5.88. The van der Waals surface area contributed by atoms with Crippen molar-refractivity contribution in [2.45, 2.75) is 26.3 Å². The first kappa shape index (κ1) is 20.0. The van der Waals surface area contributed by atoms with Gasteiger partial charge in [0.15, 0.2) is 0 Å². The molecule has 0 aromatic heterocycles. The first-order valence-corrected chi connectivity index (χ1v) is 10.4. The number of benzene rings is 2. The van der Waals surface area contributed by atoms with Crippen LogP contribution in [-0.2, 0) is 21.4 Å². The summed E-state index contributed by atoms with van der Waals surface area (Å²) in [7, 11) is -1.62. The summed E-state index contributed by atoms with van der Waals surface area (Å²) in [5.41, 5.74) is 2.70. The van der Waals surface area contributed by atoms with Crippen molar-refractivity contribution in [3.05, 3.63) is 65.7 Å². The number of nitrogens with zero attached hydrogens (tertiary/aromatic N) is 2. The van der Waals surface area contributed by atoms with Crippen molar-refractivity contribution in [2.75, 3.05) is 24.2 Å². The van der Waals surface area contributed by atoms with Gasteiger partial charge in [-0.3, -0.25) is 9.10 Å². The Kier molecular flexibility index (Phi) is 6.80. The van der Waals surface area contributed by atoms with Gasteiger partial charge in [-0.1, -0.05) is 42.5 Å². The SMILES string of the molecule is Cc1cccc(N(CCCC(=O)N(C)Cc2ccccc2)S(C)(=O)=O)c1. The molecular weight excluding hydrogens is 348 g/mol. The molecule has 0 saturated heterocycles. The zero-order chi connectivity index (χ0) is 19.2. The molecule has 140 valence electrons. The third-order valence-corrected chi connectivity index (χ3v) is 5.32. The normalized spacial score (nSPS) is 11.2. The minimum Gasteiger partial charge on any atom is -0.341 e. The van der Waals surface area contributed by atoms with Crippen LogP contribution in [0.1, 0.15) is 24.0 Å². The highest BCUT2D eigenvalue weighted by Crippen LogP contribution is 2.19. The Morgan fingerprint density at radius 1 is 1.04 bits per heavy atom. The molecule has 0 heterocycles. The maximum Gasteiger partial charge on any atom is 0.232 e. The lowest BCUT2D eigenvalue weighted by molar-refractivity contribution is -0.130. The van der Waals surface area contributed by atoms with Gasteiger partial charge in [-0.15, -0.1) is 0 Å². The molecule has 0 fully saturated rings. The van der Waals surface area contributed by atoms with E-state index in [1.165, 1.54) is 10.6 Å². The zero-order valence-electron chi connectivity index (χ0n) is 15.6. The average molecular weight is 375 g/mol. The number of carbonyl (C=O) groups is 1. The highest BCUT2D eigenvalue weighted by atomic mass is 32.2. The summed E-state index contributed by atoms with van der Waals surface area (Å²) < 4.78 is 25.6. The summed E-state index contributed by atoms with van der Waals surface area (Å²) in [6.45, 7) is 2.76. The molecule has 1 amide bonds. The van der Waals surface area contributed by atoms with Crippen LogP contribution in [0.3, 0.4) is 0 Å². The maximum absolute atomic E-state index is 12.3. The zero-order valence-corrected chi connectivity index (χ0v) is 16.4. The van der Waals surface area contributed by atoms with Crippen molar-refractivity contribution in [2.24, 2.45) is 0 Å². The van der Waals surface area contributed by atoms with Crippen LogP contribution in [-0.4, -0.2) is 39.1 Å². The quantitative estimate of drug-likeness (QED) is 0.713. The molecule has 0 N–H and O–H groups in total. The number of aryl methyl sites for hydroxylation is 1. The van der Waals surface area contributed by atoms with Crippen LogP contribution < -0.4 is 4.31 Å². The number of hydrogen-bond acceptors (Lipinski definition) is 3. The van der Waals surface area contributed by atoms with Gasteiger partial charge in [0.1, 0.15) is 0 Å². The van der Waals surface area contributed by atoms with Gasteiger partial charge in [-0.2, -0.15) is 0 Å². The molecule has 0 radical (unpaired) electrons. The predicted molar refractivity (Wildman–Crippen MR) is 106 cm³/mol. The van der Waals surface area contributed by atoms with Crippen LogP contribution in [0.2, 0.25) is 0 Å². The second-order valence-corrected chi connectivity index (χ2v) is 8.42. The highest BCUT2D eigenvalue weighted by Gasteiger charge is 2.18. The van der Waals surface area contributed by atoms with E-state index >= 15 is 0 Å². The molecule has 2 rings (SSSR count). The van der Waals surface area contributed by atoms with E-state index in [1.807, 2.05) is 55.5 Å². The Morgan fingerprint density at radius 3 is 2.35 bits per heavy atom. The molecule has 0 spiro atoms. The molecule has 0 aliphatic heterocycles. The van der Waals surface area contributed by atoms with Crippen molar-refractivity contribution in [3.63, 3.8) is 0 Å². The second kappa shape index (κ2) is 8.85. The number of amides is 1. The fourth-order valence-electron chi connectivity index (χ4n) is 2.78. The predicted octanol–water partition coefficient (Wildman–Crippen LogP) is 3.20. The van der Waals surface area contributed by atoms with Crippen LogP contribution in [0.4, 0.5) is 5.69 Å². The van der Waals surface area contributed by atoms with Gasteiger partial charge in [-0.25, -0.2) is 8.42 Å². The molecule has 0 aliphatic rings. The third-order valence-electron chi connectivity index (χ3n) is 4.13. The highest BCUT2D eigenvalue weighted by molar-refractivity contribution is 7.92. The van der Waals surface area contributed by atoms with Gasteiger partial charge in [-0.05, 0) is 36.6 Å². The Balaban J connectivity index is 1.94. The van der Waals surface area contributed by atoms with Crippen molar-refractivity contribution < 1.29 is 13.2 Å². The number of anilines is 1. The standard InChI is InChI=1S/C20H26N2O3S/c1-17-9-7-12-19(15-17)22(26(3,24)25)14-8-13-20(23)21(2)16-18-10-5-4-6-11-18/h4-7,9-12,15H,8,13-14,16H2,1-3H3. The molecule has 26 heavy (non-hydrogen) atoms.